The van der Waals surface area contributed by atoms with Crippen LogP contribution in [0.15, 0.2) is 146 Å². The van der Waals surface area contributed by atoms with Gasteiger partial charge < -0.3 is 43.6 Å². The third kappa shape index (κ3) is 16.0. The second-order valence-corrected chi connectivity index (χ2v) is 20.9. The number of fused-ring (bicyclic) bond motifs is 3. The van der Waals surface area contributed by atoms with Gasteiger partial charge in [-0.15, -0.1) is 11.6 Å². The van der Waals surface area contributed by atoms with Gasteiger partial charge in [-0.05, 0) is 54.6 Å². The lowest BCUT2D eigenvalue weighted by atomic mass is 10.2. The van der Waals surface area contributed by atoms with Crippen LogP contribution in [0.1, 0.15) is 14.9 Å². The maximum atomic E-state index is 12.7. The van der Waals surface area contributed by atoms with Crippen LogP contribution in [-0.4, -0.2) is 168 Å². The van der Waals surface area contributed by atoms with E-state index in [-0.39, 0.29) is 51.5 Å². The van der Waals surface area contributed by atoms with Crippen molar-refractivity contribution in [3.05, 3.63) is 161 Å². The minimum Gasteiger partial charge on any atom is -0.495 e. The minimum absolute atomic E-state index is 0. The first-order valence-corrected chi connectivity index (χ1v) is 28.4. The Bertz CT molecular complexity index is 3520. The van der Waals surface area contributed by atoms with Crippen LogP contribution in [0.5, 0.6) is 17.2 Å². The molecule has 9 aromatic rings. The predicted octanol–water partition coefficient (Wildman–Crippen LogP) is 11.2. The SMILES string of the molecule is C.C.COc1cc(N2CCN(C(=O)CCl)CC2)ccc1Cl.COc1cc(N2CCN(C(=O)Cn3cc4ccccc4n3)CC2)ccc1Cl.COc1cc(N2CCN(C(=O)Cn3ncc4ccccc43)CC2)ccc1Cl.c1ccc2[nH]ncc2c1. The van der Waals surface area contributed by atoms with Gasteiger partial charge in [0.05, 0.1) is 65.3 Å². The van der Waals surface area contributed by atoms with Crippen molar-refractivity contribution in [3.63, 3.8) is 0 Å². The summed E-state index contributed by atoms with van der Waals surface area (Å²) in [6.45, 7) is 9.32. The average molecular weight is 1220 g/mol. The highest BCUT2D eigenvalue weighted by molar-refractivity contribution is 6.32. The number of nitrogens with one attached hydrogen (secondary N) is 1. The van der Waals surface area contributed by atoms with Crippen molar-refractivity contribution in [1.29, 1.82) is 0 Å². The molecule has 0 saturated carbocycles. The summed E-state index contributed by atoms with van der Waals surface area (Å²) in [4.78, 5) is 49.1. The number of hydrogen-bond donors (Lipinski definition) is 1. The predicted molar refractivity (Wildman–Crippen MR) is 340 cm³/mol. The average Bonchev–Trinajstić information content (AvgIpc) is 4.43. The Morgan fingerprint density at radius 3 is 1.39 bits per heavy atom. The number of rotatable bonds is 11. The standard InChI is InChI=1S/2C20H21ClN4O2.C13H16Cl2N2O2.C7H6N2.2CH4/c1-27-19-12-16(6-7-17(19)21)23-8-10-24(11-9-23)20(26)14-25-13-15-4-2-3-5-18(15)22-25;1-27-19-12-16(6-7-17(19)21)23-8-10-24(11-9-23)20(26)14-25-18-5-3-2-4-15(18)13-22-25;1-19-12-8-10(2-3-11(12)15)16-4-6-17(7-5-16)13(18)9-14;1-2-4-7-6(3-1)5-8-9-7;;/h2*2-7,12-13H,8-11,14H2,1H3;2-3,8H,4-7,9H2,1H3;1-5H,(H,8,9);2*1H4. The number of aromatic nitrogens is 6. The number of ether oxygens (including phenoxy) is 3. The molecule has 6 heterocycles. The molecule has 0 radical (unpaired) electrons. The van der Waals surface area contributed by atoms with Crippen LogP contribution in [0.4, 0.5) is 17.1 Å². The fourth-order valence-corrected chi connectivity index (χ4v) is 10.6. The number of hydrogen-bond acceptors (Lipinski definition) is 12. The van der Waals surface area contributed by atoms with Crippen LogP contribution in [0.3, 0.4) is 0 Å². The van der Waals surface area contributed by atoms with E-state index in [1.54, 1.807) is 41.8 Å². The van der Waals surface area contributed by atoms with E-state index in [1.807, 2.05) is 150 Å². The second-order valence-electron chi connectivity index (χ2n) is 19.4. The Morgan fingerprint density at radius 1 is 0.500 bits per heavy atom. The van der Waals surface area contributed by atoms with Crippen LogP contribution in [-0.2, 0) is 27.5 Å². The molecule has 6 aromatic carbocycles. The fraction of sp³-hybridized carbons (Fsp3) is 0.323. The number of amides is 3. The van der Waals surface area contributed by atoms with Gasteiger partial charge in [-0.1, -0.05) is 104 Å². The molecule has 3 aliphatic rings. The van der Waals surface area contributed by atoms with E-state index >= 15 is 0 Å². The van der Waals surface area contributed by atoms with Crippen LogP contribution in [0.25, 0.3) is 32.7 Å². The number of anilines is 3. The Morgan fingerprint density at radius 2 is 0.929 bits per heavy atom. The number of carbonyl (C=O) groups is 3. The number of para-hydroxylation sites is 2. The van der Waals surface area contributed by atoms with Gasteiger partial charge in [0.1, 0.15) is 36.2 Å². The van der Waals surface area contributed by atoms with Crippen molar-refractivity contribution in [1.82, 2.24) is 44.5 Å². The molecule has 84 heavy (non-hydrogen) atoms. The highest BCUT2D eigenvalue weighted by atomic mass is 35.5. The number of methoxy groups -OCH3 is 3. The molecular formula is C62H72Cl4N12O6. The van der Waals surface area contributed by atoms with Crippen LogP contribution in [0.2, 0.25) is 15.1 Å². The first-order valence-electron chi connectivity index (χ1n) is 26.8. The van der Waals surface area contributed by atoms with Crippen molar-refractivity contribution in [2.75, 3.05) is 120 Å². The van der Waals surface area contributed by atoms with Gasteiger partial charge in [0.15, 0.2) is 0 Å². The summed E-state index contributed by atoms with van der Waals surface area (Å²) in [5.74, 6) is 2.23. The molecule has 3 fully saturated rings. The molecule has 12 rings (SSSR count). The molecule has 0 bridgehead atoms. The molecule has 3 aliphatic heterocycles. The smallest absolute Gasteiger partial charge is 0.244 e. The quantitative estimate of drug-likeness (QED) is 0.122. The highest BCUT2D eigenvalue weighted by Gasteiger charge is 2.25. The van der Waals surface area contributed by atoms with Gasteiger partial charge in [0.2, 0.25) is 17.7 Å². The van der Waals surface area contributed by atoms with E-state index in [9.17, 15) is 14.4 Å². The van der Waals surface area contributed by atoms with Crippen molar-refractivity contribution < 1.29 is 28.6 Å². The zero-order chi connectivity index (χ0) is 57.5. The monoisotopic (exact) mass is 1220 g/mol. The molecule has 18 nitrogen and oxygen atoms in total. The summed E-state index contributed by atoms with van der Waals surface area (Å²) >= 11 is 23.8. The molecule has 1 N–H and O–H groups in total. The summed E-state index contributed by atoms with van der Waals surface area (Å²) in [6.07, 6.45) is 5.53. The molecule has 444 valence electrons. The zero-order valence-corrected chi connectivity index (χ0v) is 48.9. The summed E-state index contributed by atoms with van der Waals surface area (Å²) in [5, 5.41) is 20.6. The zero-order valence-electron chi connectivity index (χ0n) is 45.8. The van der Waals surface area contributed by atoms with Crippen LogP contribution >= 0.6 is 46.4 Å². The maximum absolute atomic E-state index is 12.7. The summed E-state index contributed by atoms with van der Waals surface area (Å²) in [5.41, 5.74) is 6.16. The van der Waals surface area contributed by atoms with Gasteiger partial charge in [-0.3, -0.25) is 28.8 Å². The first kappa shape index (κ1) is 63.7. The number of nitrogens with zero attached hydrogens (tertiary/aromatic N) is 11. The Kier molecular flexibility index (Phi) is 23.2. The molecule has 3 aromatic heterocycles. The number of piperazine rings is 3. The normalized spacial score (nSPS) is 14.0. The lowest BCUT2D eigenvalue weighted by Crippen LogP contribution is -2.49. The Labute approximate surface area is 510 Å². The number of H-pyrrole nitrogens is 1. The van der Waals surface area contributed by atoms with Gasteiger partial charge in [0, 0.05) is 136 Å². The molecule has 0 unspecified atom stereocenters. The number of aromatic amines is 1. The second kappa shape index (κ2) is 30.6. The molecular weight excluding hydrogens is 1150 g/mol. The summed E-state index contributed by atoms with van der Waals surface area (Å²) in [7, 11) is 4.82. The first-order chi connectivity index (χ1) is 39.9. The van der Waals surface area contributed by atoms with Crippen molar-refractivity contribution in [2.45, 2.75) is 27.9 Å². The summed E-state index contributed by atoms with van der Waals surface area (Å²) < 4.78 is 19.3. The van der Waals surface area contributed by atoms with Gasteiger partial charge in [-0.25, -0.2) is 0 Å². The van der Waals surface area contributed by atoms with Gasteiger partial charge in [-0.2, -0.15) is 15.3 Å². The minimum atomic E-state index is -0.00463. The topological polar surface area (TPSA) is 163 Å². The third-order valence-electron chi connectivity index (χ3n) is 14.5. The lowest BCUT2D eigenvalue weighted by molar-refractivity contribution is -0.133. The van der Waals surface area contributed by atoms with E-state index < -0.39 is 0 Å². The Balaban J connectivity index is 0.000000168. The largest absolute Gasteiger partial charge is 0.495 e. The maximum Gasteiger partial charge on any atom is 0.244 e. The van der Waals surface area contributed by atoms with E-state index in [2.05, 4.69) is 35.1 Å². The number of halogens is 4. The van der Waals surface area contributed by atoms with Gasteiger partial charge in [0.25, 0.3) is 0 Å². The highest BCUT2D eigenvalue weighted by Crippen LogP contribution is 2.32. The molecule has 0 spiro atoms. The number of carbonyl (C=O) groups excluding carboxylic acids is 3. The van der Waals surface area contributed by atoms with E-state index in [0.29, 0.717) is 71.6 Å². The molecule has 3 saturated heterocycles. The van der Waals surface area contributed by atoms with Crippen molar-refractivity contribution in [2.24, 2.45) is 0 Å². The third-order valence-corrected chi connectivity index (χ3v) is 15.6. The van der Waals surface area contributed by atoms with Crippen LogP contribution < -0.4 is 28.9 Å². The van der Waals surface area contributed by atoms with Gasteiger partial charge >= 0.3 is 0 Å². The lowest BCUT2D eigenvalue weighted by Gasteiger charge is -2.36. The summed E-state index contributed by atoms with van der Waals surface area (Å²) in [6, 6.07) is 41.1. The van der Waals surface area contributed by atoms with E-state index in [4.69, 9.17) is 60.6 Å². The molecule has 0 aliphatic carbocycles. The van der Waals surface area contributed by atoms with E-state index in [0.717, 1.165) is 89.0 Å². The Hall–Kier alpha value is -7.90. The van der Waals surface area contributed by atoms with Crippen LogP contribution in [0, 0.1) is 0 Å². The number of alkyl halides is 1. The fourth-order valence-electron chi connectivity index (χ4n) is 9.86. The number of benzene rings is 6. The van der Waals surface area contributed by atoms with Crippen molar-refractivity contribution >= 4 is 114 Å². The molecule has 0 atom stereocenters. The van der Waals surface area contributed by atoms with Crippen molar-refractivity contribution in [3.8, 4) is 17.2 Å². The molecule has 3 amide bonds. The molecule has 22 heteroatoms. The van der Waals surface area contributed by atoms with E-state index in [1.165, 1.54) is 0 Å².